The minimum atomic E-state index is -0.612. The zero-order valence-electron chi connectivity index (χ0n) is 16.5. The third-order valence-electron chi connectivity index (χ3n) is 4.37. The number of benzene rings is 2. The Labute approximate surface area is 168 Å². The highest BCUT2D eigenvalue weighted by molar-refractivity contribution is 6.03. The molecule has 0 aliphatic carbocycles. The molecule has 150 valence electrons. The van der Waals surface area contributed by atoms with Gasteiger partial charge in [-0.25, -0.2) is 9.07 Å². The summed E-state index contributed by atoms with van der Waals surface area (Å²) in [6, 6.07) is 13.0. The highest BCUT2D eigenvalue weighted by atomic mass is 19.1. The first-order chi connectivity index (χ1) is 13.9. The fourth-order valence-corrected chi connectivity index (χ4v) is 2.96. The average Bonchev–Trinajstić information content (AvgIpc) is 3.19. The van der Waals surface area contributed by atoms with Crippen LogP contribution in [0.5, 0.6) is 0 Å². The number of anilines is 1. The van der Waals surface area contributed by atoms with Crippen molar-refractivity contribution in [3.8, 4) is 5.69 Å². The van der Waals surface area contributed by atoms with Crippen LogP contribution in [0.15, 0.2) is 54.7 Å². The van der Waals surface area contributed by atoms with Crippen LogP contribution in [-0.2, 0) is 0 Å². The third kappa shape index (κ3) is 4.66. The van der Waals surface area contributed by atoms with Crippen LogP contribution in [0.25, 0.3) is 5.69 Å². The number of carbonyl (C=O) groups excluding carboxylic acids is 2. The van der Waals surface area contributed by atoms with Crippen LogP contribution in [0, 0.1) is 5.82 Å². The van der Waals surface area contributed by atoms with E-state index in [9.17, 15) is 14.0 Å². The molecule has 0 bridgehead atoms. The molecule has 3 rings (SSSR count). The van der Waals surface area contributed by atoms with Gasteiger partial charge in [0.25, 0.3) is 11.8 Å². The van der Waals surface area contributed by atoms with Crippen LogP contribution in [-0.4, -0.2) is 44.3 Å². The highest BCUT2D eigenvalue weighted by Gasteiger charge is 2.19. The van der Waals surface area contributed by atoms with E-state index in [-0.39, 0.29) is 28.9 Å². The SMILES string of the molecule is CCN(C(=O)c1cc(F)cc(NC(=O)c2cn(-c3ccccc3)nn2)c1)C(C)C. The Balaban J connectivity index is 1.80. The molecule has 0 spiro atoms. The number of carbonyl (C=O) groups is 2. The smallest absolute Gasteiger partial charge is 0.277 e. The molecule has 0 atom stereocenters. The molecule has 1 N–H and O–H groups in total. The Morgan fingerprint density at radius 1 is 1.17 bits per heavy atom. The maximum atomic E-state index is 14.1. The molecule has 29 heavy (non-hydrogen) atoms. The summed E-state index contributed by atoms with van der Waals surface area (Å²) in [4.78, 5) is 26.8. The molecule has 0 saturated carbocycles. The predicted octanol–water partition coefficient (Wildman–Crippen LogP) is 3.53. The number of para-hydroxylation sites is 1. The third-order valence-corrected chi connectivity index (χ3v) is 4.37. The van der Waals surface area contributed by atoms with E-state index >= 15 is 0 Å². The maximum absolute atomic E-state index is 14.1. The summed E-state index contributed by atoms with van der Waals surface area (Å²) in [5, 5.41) is 10.4. The van der Waals surface area contributed by atoms with Gasteiger partial charge < -0.3 is 10.2 Å². The van der Waals surface area contributed by atoms with Crippen LogP contribution >= 0.6 is 0 Å². The minimum absolute atomic E-state index is 0.0261. The van der Waals surface area contributed by atoms with Gasteiger partial charge in [0.05, 0.1) is 11.9 Å². The number of amides is 2. The Morgan fingerprint density at radius 3 is 2.55 bits per heavy atom. The lowest BCUT2D eigenvalue weighted by atomic mass is 10.1. The fraction of sp³-hybridized carbons (Fsp3) is 0.238. The Hall–Kier alpha value is -3.55. The lowest BCUT2D eigenvalue weighted by Gasteiger charge is -2.25. The van der Waals surface area contributed by atoms with Gasteiger partial charge in [-0.1, -0.05) is 23.4 Å². The van der Waals surface area contributed by atoms with Crippen LogP contribution < -0.4 is 5.32 Å². The first-order valence-electron chi connectivity index (χ1n) is 9.29. The van der Waals surface area contributed by atoms with E-state index in [1.54, 1.807) is 4.90 Å². The van der Waals surface area contributed by atoms with Gasteiger partial charge in [0.2, 0.25) is 0 Å². The van der Waals surface area contributed by atoms with E-state index in [1.807, 2.05) is 51.1 Å². The number of hydrogen-bond acceptors (Lipinski definition) is 4. The molecule has 2 amide bonds. The van der Waals surface area contributed by atoms with E-state index in [0.29, 0.717) is 6.54 Å². The van der Waals surface area contributed by atoms with Crippen LogP contribution in [0.2, 0.25) is 0 Å². The zero-order valence-corrected chi connectivity index (χ0v) is 16.5. The maximum Gasteiger partial charge on any atom is 0.277 e. The Bertz CT molecular complexity index is 1020. The largest absolute Gasteiger partial charge is 0.336 e. The van der Waals surface area contributed by atoms with E-state index < -0.39 is 11.7 Å². The first-order valence-corrected chi connectivity index (χ1v) is 9.29. The summed E-state index contributed by atoms with van der Waals surface area (Å²) in [6.07, 6.45) is 1.48. The molecule has 0 saturated heterocycles. The lowest BCUT2D eigenvalue weighted by Crippen LogP contribution is -2.36. The summed E-state index contributed by atoms with van der Waals surface area (Å²) in [5.74, 6) is -1.46. The van der Waals surface area contributed by atoms with Gasteiger partial charge in [-0.3, -0.25) is 9.59 Å². The Morgan fingerprint density at radius 2 is 1.90 bits per heavy atom. The molecule has 1 aromatic heterocycles. The van der Waals surface area contributed by atoms with Crippen molar-refractivity contribution in [1.82, 2.24) is 19.9 Å². The number of nitrogens with one attached hydrogen (secondary N) is 1. The van der Waals surface area contributed by atoms with Gasteiger partial charge in [-0.05, 0) is 51.1 Å². The van der Waals surface area contributed by atoms with E-state index in [0.717, 1.165) is 17.8 Å². The minimum Gasteiger partial charge on any atom is -0.336 e. The normalized spacial score (nSPS) is 10.8. The fourth-order valence-electron chi connectivity index (χ4n) is 2.96. The number of nitrogens with zero attached hydrogens (tertiary/aromatic N) is 4. The standard InChI is InChI=1S/C21H22FN5O2/c1-4-26(14(2)3)21(29)15-10-16(22)12-17(11-15)23-20(28)19-13-27(25-24-19)18-8-6-5-7-9-18/h5-14H,4H2,1-3H3,(H,23,28). The molecule has 0 radical (unpaired) electrons. The van der Waals surface area contributed by atoms with E-state index in [4.69, 9.17) is 0 Å². The zero-order chi connectivity index (χ0) is 21.0. The molecule has 0 unspecified atom stereocenters. The lowest BCUT2D eigenvalue weighted by molar-refractivity contribution is 0.0716. The van der Waals surface area contributed by atoms with Crippen molar-refractivity contribution in [3.63, 3.8) is 0 Å². The molecule has 0 aliphatic rings. The summed E-state index contributed by atoms with van der Waals surface area (Å²) in [5.41, 5.74) is 1.17. The van der Waals surface area contributed by atoms with Gasteiger partial charge in [0.1, 0.15) is 5.82 Å². The summed E-state index contributed by atoms with van der Waals surface area (Å²) < 4.78 is 15.6. The Kier molecular flexibility index (Phi) is 6.01. The first kappa shape index (κ1) is 20.2. The number of halogens is 1. The van der Waals surface area contributed by atoms with Gasteiger partial charge in [0.15, 0.2) is 5.69 Å². The van der Waals surface area contributed by atoms with Crippen molar-refractivity contribution < 1.29 is 14.0 Å². The summed E-state index contributed by atoms with van der Waals surface area (Å²) in [6.45, 7) is 6.13. The van der Waals surface area contributed by atoms with Crippen molar-refractivity contribution in [2.45, 2.75) is 26.8 Å². The van der Waals surface area contributed by atoms with Crippen molar-refractivity contribution in [2.24, 2.45) is 0 Å². The second-order valence-electron chi connectivity index (χ2n) is 6.75. The van der Waals surface area contributed by atoms with Crippen LogP contribution in [0.1, 0.15) is 41.6 Å². The van der Waals surface area contributed by atoms with Gasteiger partial charge in [0, 0.05) is 23.8 Å². The van der Waals surface area contributed by atoms with Crippen molar-refractivity contribution in [2.75, 3.05) is 11.9 Å². The van der Waals surface area contributed by atoms with Crippen LogP contribution in [0.4, 0.5) is 10.1 Å². The molecular formula is C21H22FN5O2. The molecule has 0 aliphatic heterocycles. The topological polar surface area (TPSA) is 80.1 Å². The van der Waals surface area contributed by atoms with Gasteiger partial charge in [-0.2, -0.15) is 0 Å². The molecule has 3 aromatic rings. The number of hydrogen-bond donors (Lipinski definition) is 1. The van der Waals surface area contributed by atoms with Gasteiger partial charge in [-0.15, -0.1) is 5.10 Å². The summed E-state index contributed by atoms with van der Waals surface area (Å²) in [7, 11) is 0. The molecule has 7 nitrogen and oxygen atoms in total. The second kappa shape index (κ2) is 8.64. The molecular weight excluding hydrogens is 373 g/mol. The summed E-state index contributed by atoms with van der Waals surface area (Å²) >= 11 is 0. The highest BCUT2D eigenvalue weighted by Crippen LogP contribution is 2.18. The monoisotopic (exact) mass is 395 g/mol. The molecule has 8 heteroatoms. The van der Waals surface area contributed by atoms with Crippen LogP contribution in [0.3, 0.4) is 0 Å². The van der Waals surface area contributed by atoms with Crippen molar-refractivity contribution >= 4 is 17.5 Å². The quantitative estimate of drug-likeness (QED) is 0.692. The van der Waals surface area contributed by atoms with Crippen molar-refractivity contribution in [1.29, 1.82) is 0 Å². The van der Waals surface area contributed by atoms with E-state index in [1.165, 1.54) is 16.9 Å². The predicted molar refractivity (Wildman–Crippen MR) is 108 cm³/mol. The molecule has 2 aromatic carbocycles. The van der Waals surface area contributed by atoms with E-state index in [2.05, 4.69) is 15.6 Å². The number of aromatic nitrogens is 3. The molecule has 0 fully saturated rings. The average molecular weight is 395 g/mol. The number of rotatable bonds is 6. The van der Waals surface area contributed by atoms with Gasteiger partial charge >= 0.3 is 0 Å². The molecule has 1 heterocycles. The second-order valence-corrected chi connectivity index (χ2v) is 6.75. The van der Waals surface area contributed by atoms with Crippen molar-refractivity contribution in [3.05, 3.63) is 71.8 Å².